The summed E-state index contributed by atoms with van der Waals surface area (Å²) in [6.45, 7) is 5.95. The van der Waals surface area contributed by atoms with E-state index in [9.17, 15) is 4.79 Å². The third-order valence-corrected chi connectivity index (χ3v) is 5.01. The van der Waals surface area contributed by atoms with Crippen molar-refractivity contribution < 1.29 is 9.53 Å². The zero-order valence-corrected chi connectivity index (χ0v) is 15.4. The van der Waals surface area contributed by atoms with Crippen LogP contribution >= 0.6 is 0 Å². The van der Waals surface area contributed by atoms with E-state index in [1.54, 1.807) is 13.2 Å². The number of aliphatic imine (C=N–C) groups is 1. The largest absolute Gasteiger partial charge is 0.487 e. The maximum atomic E-state index is 13.1. The normalized spacial score (nSPS) is 23.6. The Morgan fingerprint density at radius 2 is 2.00 bits per heavy atom. The molecule has 2 aliphatic heterocycles. The number of hydrogen-bond donors (Lipinski definition) is 1. The number of likely N-dealkylation sites (N-methyl/N-ethyl adjacent to an activating group) is 1. The van der Waals surface area contributed by atoms with E-state index in [1.807, 2.05) is 51.1 Å². The molecular formula is C20H22N4O2. The summed E-state index contributed by atoms with van der Waals surface area (Å²) in [6.07, 6.45) is 2.21. The smallest absolute Gasteiger partial charge is 0.261 e. The lowest BCUT2D eigenvalue weighted by atomic mass is 9.77. The number of hydrogen-bond acceptors (Lipinski definition) is 5. The Morgan fingerprint density at radius 1 is 1.23 bits per heavy atom. The molecule has 0 aliphatic carbocycles. The van der Waals surface area contributed by atoms with E-state index >= 15 is 0 Å². The second-order valence-corrected chi connectivity index (χ2v) is 7.66. The van der Waals surface area contributed by atoms with Gasteiger partial charge in [0.15, 0.2) is 11.5 Å². The fourth-order valence-corrected chi connectivity index (χ4v) is 3.83. The Hall–Kier alpha value is -2.89. The Balaban J connectivity index is 1.93. The number of aromatic nitrogens is 1. The van der Waals surface area contributed by atoms with Gasteiger partial charge in [0.25, 0.3) is 5.91 Å². The van der Waals surface area contributed by atoms with Crippen molar-refractivity contribution in [3.05, 3.63) is 47.7 Å². The molecule has 1 amide bonds. The van der Waals surface area contributed by atoms with Crippen molar-refractivity contribution in [1.29, 1.82) is 0 Å². The van der Waals surface area contributed by atoms with Crippen LogP contribution in [0.4, 0.5) is 0 Å². The summed E-state index contributed by atoms with van der Waals surface area (Å²) in [5.41, 5.74) is 8.06. The summed E-state index contributed by atoms with van der Waals surface area (Å²) < 4.78 is 6.14. The van der Waals surface area contributed by atoms with Gasteiger partial charge >= 0.3 is 0 Å². The average molecular weight is 350 g/mol. The topological polar surface area (TPSA) is 80.8 Å². The second-order valence-electron chi connectivity index (χ2n) is 7.66. The van der Waals surface area contributed by atoms with Gasteiger partial charge in [-0.3, -0.25) is 14.7 Å². The Kier molecular flexibility index (Phi) is 3.38. The van der Waals surface area contributed by atoms with Gasteiger partial charge in [-0.25, -0.2) is 4.99 Å². The Bertz CT molecular complexity index is 951. The lowest BCUT2D eigenvalue weighted by Gasteiger charge is -2.41. The second kappa shape index (κ2) is 5.30. The van der Waals surface area contributed by atoms with E-state index in [2.05, 4.69) is 9.98 Å². The fraction of sp³-hybridized carbons (Fsp3) is 0.350. The van der Waals surface area contributed by atoms with Crippen molar-refractivity contribution in [2.45, 2.75) is 38.3 Å². The zero-order chi connectivity index (χ0) is 18.7. The molecule has 2 aromatic rings. The quantitative estimate of drug-likeness (QED) is 0.857. The number of carbonyl (C=O) groups excluding carboxylic acids is 1. The van der Waals surface area contributed by atoms with Gasteiger partial charge in [0.05, 0.1) is 5.69 Å². The number of benzene rings is 1. The minimum absolute atomic E-state index is 0.123. The molecule has 0 radical (unpaired) electrons. The molecule has 1 unspecified atom stereocenters. The first-order valence-corrected chi connectivity index (χ1v) is 8.62. The molecule has 6 nitrogen and oxygen atoms in total. The van der Waals surface area contributed by atoms with E-state index in [4.69, 9.17) is 10.5 Å². The number of nitrogens with zero attached hydrogens (tertiary/aromatic N) is 3. The molecule has 134 valence electrons. The molecule has 2 aliphatic rings. The monoisotopic (exact) mass is 350 g/mol. The lowest BCUT2D eigenvalue weighted by molar-refractivity contribution is -0.133. The van der Waals surface area contributed by atoms with Crippen molar-refractivity contribution in [3.63, 3.8) is 0 Å². The fourth-order valence-electron chi connectivity index (χ4n) is 3.83. The molecule has 0 fully saturated rings. The highest BCUT2D eigenvalue weighted by molar-refractivity contribution is 6.07. The molecule has 0 saturated heterocycles. The van der Waals surface area contributed by atoms with Gasteiger partial charge in [-0.2, -0.15) is 0 Å². The van der Waals surface area contributed by atoms with Crippen LogP contribution in [0.5, 0.6) is 5.75 Å². The van der Waals surface area contributed by atoms with Crippen molar-refractivity contribution >= 4 is 11.9 Å². The van der Waals surface area contributed by atoms with Gasteiger partial charge in [0.1, 0.15) is 11.4 Å². The van der Waals surface area contributed by atoms with Crippen molar-refractivity contribution in [3.8, 4) is 17.0 Å². The summed E-state index contributed by atoms with van der Waals surface area (Å²) in [4.78, 5) is 23.6. The van der Waals surface area contributed by atoms with Crippen LogP contribution < -0.4 is 10.5 Å². The molecule has 4 rings (SSSR count). The third kappa shape index (κ3) is 2.36. The Labute approximate surface area is 152 Å². The molecule has 1 aromatic carbocycles. The van der Waals surface area contributed by atoms with Gasteiger partial charge in [-0.05, 0) is 56.7 Å². The summed E-state index contributed by atoms with van der Waals surface area (Å²) >= 11 is 0. The van der Waals surface area contributed by atoms with Crippen LogP contribution in [-0.2, 0) is 10.3 Å². The van der Waals surface area contributed by atoms with Gasteiger partial charge in [-0.15, -0.1) is 0 Å². The number of nitrogens with two attached hydrogens (primary N) is 1. The number of aryl methyl sites for hydroxylation is 1. The molecule has 0 saturated carbocycles. The third-order valence-electron chi connectivity index (χ3n) is 5.01. The summed E-state index contributed by atoms with van der Waals surface area (Å²) in [7, 11) is 1.66. The van der Waals surface area contributed by atoms with E-state index < -0.39 is 11.1 Å². The van der Waals surface area contributed by atoms with Gasteiger partial charge in [-0.1, -0.05) is 0 Å². The summed E-state index contributed by atoms with van der Waals surface area (Å²) in [6, 6.07) is 9.79. The SMILES string of the molecule is Cc1ccnc(-c2ccc3c(c2)C2(CC(C)(C)O3)N=C(N)N(C)C2=O)c1. The number of carbonyl (C=O) groups is 1. The highest BCUT2D eigenvalue weighted by Crippen LogP contribution is 2.49. The van der Waals surface area contributed by atoms with Crippen LogP contribution in [0.15, 0.2) is 41.5 Å². The molecule has 2 N–H and O–H groups in total. The van der Waals surface area contributed by atoms with Crippen LogP contribution in [0.25, 0.3) is 11.3 Å². The first-order valence-electron chi connectivity index (χ1n) is 8.62. The number of amides is 1. The lowest BCUT2D eigenvalue weighted by Crippen LogP contribution is -2.49. The zero-order valence-electron chi connectivity index (χ0n) is 15.4. The number of guanidine groups is 1. The summed E-state index contributed by atoms with van der Waals surface area (Å²) in [5.74, 6) is 0.776. The van der Waals surface area contributed by atoms with E-state index in [0.717, 1.165) is 22.4 Å². The highest BCUT2D eigenvalue weighted by atomic mass is 16.5. The number of ether oxygens (including phenoxy) is 1. The van der Waals surface area contributed by atoms with E-state index in [1.165, 1.54) is 4.90 Å². The van der Waals surface area contributed by atoms with Crippen molar-refractivity contribution in [2.24, 2.45) is 10.7 Å². The van der Waals surface area contributed by atoms with Crippen molar-refractivity contribution in [1.82, 2.24) is 9.88 Å². The maximum absolute atomic E-state index is 13.1. The standard InChI is InChI=1S/C20H22N4O2/c1-12-7-8-22-15(9-12)13-5-6-16-14(10-13)20(11-19(2,3)26-16)17(25)24(4)18(21)23-20/h5-10H,11H2,1-4H3,(H2,21,23). The number of pyridine rings is 1. The van der Waals surface area contributed by atoms with E-state index in [0.29, 0.717) is 12.2 Å². The van der Waals surface area contributed by atoms with Crippen LogP contribution in [0.2, 0.25) is 0 Å². The molecule has 26 heavy (non-hydrogen) atoms. The predicted molar refractivity (Wildman–Crippen MR) is 99.8 cm³/mol. The molecular weight excluding hydrogens is 328 g/mol. The first kappa shape index (κ1) is 16.6. The first-order chi connectivity index (χ1) is 12.2. The van der Waals surface area contributed by atoms with Crippen molar-refractivity contribution in [2.75, 3.05) is 7.05 Å². The molecule has 6 heteroatoms. The molecule has 1 spiro atoms. The minimum atomic E-state index is -1.05. The highest BCUT2D eigenvalue weighted by Gasteiger charge is 2.55. The molecule has 3 heterocycles. The van der Waals surface area contributed by atoms with Crippen LogP contribution in [0.3, 0.4) is 0 Å². The van der Waals surface area contributed by atoms with Gasteiger partial charge in [0.2, 0.25) is 0 Å². The Morgan fingerprint density at radius 3 is 2.65 bits per heavy atom. The average Bonchev–Trinajstić information content (AvgIpc) is 2.78. The number of fused-ring (bicyclic) bond motifs is 2. The van der Waals surface area contributed by atoms with Gasteiger partial charge in [0, 0.05) is 30.8 Å². The molecule has 1 aromatic heterocycles. The molecule has 1 atom stereocenters. The minimum Gasteiger partial charge on any atom is -0.487 e. The number of rotatable bonds is 1. The molecule has 0 bridgehead atoms. The summed E-state index contributed by atoms with van der Waals surface area (Å²) in [5, 5.41) is 0. The van der Waals surface area contributed by atoms with E-state index in [-0.39, 0.29) is 11.9 Å². The maximum Gasteiger partial charge on any atom is 0.261 e. The van der Waals surface area contributed by atoms with Crippen LogP contribution in [-0.4, -0.2) is 34.4 Å². The predicted octanol–water partition coefficient (Wildman–Crippen LogP) is 2.60. The van der Waals surface area contributed by atoms with Gasteiger partial charge < -0.3 is 10.5 Å². The van der Waals surface area contributed by atoms with Crippen LogP contribution in [0, 0.1) is 6.92 Å². The van der Waals surface area contributed by atoms with Crippen LogP contribution in [0.1, 0.15) is 31.4 Å².